The highest BCUT2D eigenvalue weighted by molar-refractivity contribution is 7.99. The molecule has 150 valence electrons. The van der Waals surface area contributed by atoms with Crippen LogP contribution in [0, 0.1) is 0 Å². The first-order valence-corrected chi connectivity index (χ1v) is 10.2. The van der Waals surface area contributed by atoms with Crippen molar-refractivity contribution in [1.82, 2.24) is 20.2 Å². The van der Waals surface area contributed by atoms with Gasteiger partial charge in [0.25, 0.3) is 5.91 Å². The van der Waals surface area contributed by atoms with Gasteiger partial charge in [0.15, 0.2) is 11.0 Å². The van der Waals surface area contributed by atoms with E-state index in [4.69, 9.17) is 16.3 Å². The number of hydrazone groups is 1. The van der Waals surface area contributed by atoms with Crippen molar-refractivity contribution in [2.45, 2.75) is 18.6 Å². The summed E-state index contributed by atoms with van der Waals surface area (Å²) in [5, 5.41) is 13.8. The first kappa shape index (κ1) is 20.9. The van der Waals surface area contributed by atoms with E-state index in [-0.39, 0.29) is 11.7 Å². The molecule has 2 aromatic carbocycles. The van der Waals surface area contributed by atoms with Crippen LogP contribution in [0.15, 0.2) is 58.8 Å². The van der Waals surface area contributed by atoms with Gasteiger partial charge in [-0.25, -0.2) is 5.43 Å². The Kier molecular flexibility index (Phi) is 7.26. The number of amides is 1. The van der Waals surface area contributed by atoms with E-state index in [2.05, 4.69) is 20.7 Å². The number of halogens is 1. The van der Waals surface area contributed by atoms with Crippen molar-refractivity contribution in [3.63, 3.8) is 0 Å². The van der Waals surface area contributed by atoms with Crippen molar-refractivity contribution >= 4 is 35.5 Å². The molecule has 7 nitrogen and oxygen atoms in total. The van der Waals surface area contributed by atoms with E-state index in [9.17, 15) is 4.79 Å². The molecule has 1 aromatic heterocycles. The molecule has 0 aliphatic rings. The number of benzene rings is 2. The highest BCUT2D eigenvalue weighted by Crippen LogP contribution is 2.25. The minimum Gasteiger partial charge on any atom is -0.497 e. The van der Waals surface area contributed by atoms with E-state index in [0.29, 0.717) is 16.7 Å². The molecule has 0 atom stereocenters. The predicted octanol–water partition coefficient (Wildman–Crippen LogP) is 3.87. The topological polar surface area (TPSA) is 81.4 Å². The first-order valence-electron chi connectivity index (χ1n) is 8.88. The second kappa shape index (κ2) is 10.1. The van der Waals surface area contributed by atoms with Crippen molar-refractivity contribution in [1.29, 1.82) is 0 Å². The summed E-state index contributed by atoms with van der Waals surface area (Å²) in [5.41, 5.74) is 4.29. The Labute approximate surface area is 178 Å². The van der Waals surface area contributed by atoms with Gasteiger partial charge >= 0.3 is 0 Å². The summed E-state index contributed by atoms with van der Waals surface area (Å²) < 4.78 is 7.16. The van der Waals surface area contributed by atoms with Gasteiger partial charge in [0.05, 0.1) is 19.1 Å². The Morgan fingerprint density at radius 2 is 1.93 bits per heavy atom. The Balaban J connectivity index is 1.59. The summed E-state index contributed by atoms with van der Waals surface area (Å²) in [6.07, 6.45) is 1.56. The molecule has 0 aliphatic heterocycles. The third-order valence-corrected chi connectivity index (χ3v) is 5.21. The highest BCUT2D eigenvalue weighted by Gasteiger charge is 2.14. The molecule has 0 bridgehead atoms. The summed E-state index contributed by atoms with van der Waals surface area (Å²) >= 11 is 7.15. The lowest BCUT2D eigenvalue weighted by Gasteiger charge is -2.07. The fourth-order valence-electron chi connectivity index (χ4n) is 2.52. The second-order valence-electron chi connectivity index (χ2n) is 5.91. The van der Waals surface area contributed by atoms with Crippen LogP contribution in [-0.2, 0) is 11.3 Å². The molecule has 1 heterocycles. The van der Waals surface area contributed by atoms with E-state index in [0.717, 1.165) is 22.7 Å². The van der Waals surface area contributed by atoms with Gasteiger partial charge in [0, 0.05) is 17.1 Å². The Morgan fingerprint density at radius 3 is 2.59 bits per heavy atom. The van der Waals surface area contributed by atoms with Crippen molar-refractivity contribution in [3.8, 4) is 17.1 Å². The molecule has 0 fully saturated rings. The van der Waals surface area contributed by atoms with Crippen LogP contribution >= 0.6 is 23.4 Å². The average Bonchev–Trinajstić information content (AvgIpc) is 3.16. The van der Waals surface area contributed by atoms with Gasteiger partial charge in [-0.15, -0.1) is 10.2 Å². The molecule has 1 amide bonds. The molecule has 3 rings (SSSR count). The van der Waals surface area contributed by atoms with Crippen LogP contribution in [0.3, 0.4) is 0 Å². The SMILES string of the molecule is CCn1c(SCC(=O)N/N=C/c2ccc(Cl)cc2)nnc1-c1ccc(OC)cc1. The van der Waals surface area contributed by atoms with Gasteiger partial charge in [-0.2, -0.15) is 5.10 Å². The number of methoxy groups -OCH3 is 1. The molecule has 29 heavy (non-hydrogen) atoms. The number of hydrogen-bond acceptors (Lipinski definition) is 6. The number of carbonyl (C=O) groups is 1. The van der Waals surface area contributed by atoms with E-state index in [1.54, 1.807) is 25.5 Å². The molecular weight excluding hydrogens is 410 g/mol. The number of nitrogens with zero attached hydrogens (tertiary/aromatic N) is 4. The number of thioether (sulfide) groups is 1. The molecular formula is C20H20ClN5O2S. The van der Waals surface area contributed by atoms with E-state index >= 15 is 0 Å². The van der Waals surface area contributed by atoms with Gasteiger partial charge in [0.2, 0.25) is 0 Å². The molecule has 9 heteroatoms. The van der Waals surface area contributed by atoms with Crippen LogP contribution in [0.2, 0.25) is 5.02 Å². The predicted molar refractivity (Wildman–Crippen MR) is 116 cm³/mol. The molecule has 0 spiro atoms. The monoisotopic (exact) mass is 429 g/mol. The van der Waals surface area contributed by atoms with Gasteiger partial charge in [0.1, 0.15) is 5.75 Å². The second-order valence-corrected chi connectivity index (χ2v) is 7.29. The Bertz CT molecular complexity index is 987. The van der Waals surface area contributed by atoms with E-state index < -0.39 is 0 Å². The smallest absolute Gasteiger partial charge is 0.250 e. The fourth-order valence-corrected chi connectivity index (χ4v) is 3.44. The molecule has 3 aromatic rings. The summed E-state index contributed by atoms with van der Waals surface area (Å²) in [6, 6.07) is 14.8. The van der Waals surface area contributed by atoms with Crippen LogP contribution in [0.4, 0.5) is 0 Å². The average molecular weight is 430 g/mol. The lowest BCUT2D eigenvalue weighted by Crippen LogP contribution is -2.20. The Morgan fingerprint density at radius 1 is 1.21 bits per heavy atom. The summed E-state index contributed by atoms with van der Waals surface area (Å²) in [5.74, 6) is 1.48. The largest absolute Gasteiger partial charge is 0.497 e. The van der Waals surface area contributed by atoms with Crippen molar-refractivity contribution in [2.75, 3.05) is 12.9 Å². The standard InChI is InChI=1S/C20H20ClN5O2S/c1-3-26-19(15-6-10-17(28-2)11-7-15)24-25-20(26)29-13-18(27)23-22-12-14-4-8-16(21)9-5-14/h4-12H,3,13H2,1-2H3,(H,23,27)/b22-12+. The van der Waals surface area contributed by atoms with Crippen LogP contribution in [0.25, 0.3) is 11.4 Å². The molecule has 0 radical (unpaired) electrons. The van der Waals surface area contributed by atoms with Gasteiger partial charge < -0.3 is 9.30 Å². The minimum absolute atomic E-state index is 0.179. The first-order chi connectivity index (χ1) is 14.1. The molecule has 0 unspecified atom stereocenters. The lowest BCUT2D eigenvalue weighted by molar-refractivity contribution is -0.118. The molecule has 1 N–H and O–H groups in total. The van der Waals surface area contributed by atoms with E-state index in [1.807, 2.05) is 47.9 Å². The number of aromatic nitrogens is 3. The van der Waals surface area contributed by atoms with Crippen LogP contribution in [0.5, 0.6) is 5.75 Å². The quantitative estimate of drug-likeness (QED) is 0.334. The number of hydrogen-bond donors (Lipinski definition) is 1. The fraction of sp³-hybridized carbons (Fsp3) is 0.200. The van der Waals surface area contributed by atoms with Crippen LogP contribution < -0.4 is 10.2 Å². The van der Waals surface area contributed by atoms with Crippen LogP contribution in [-0.4, -0.2) is 39.7 Å². The summed E-state index contributed by atoms with van der Waals surface area (Å²) in [7, 11) is 1.63. The lowest BCUT2D eigenvalue weighted by atomic mass is 10.2. The maximum Gasteiger partial charge on any atom is 0.250 e. The maximum absolute atomic E-state index is 12.1. The van der Waals surface area contributed by atoms with Crippen molar-refractivity contribution in [3.05, 3.63) is 59.1 Å². The number of rotatable bonds is 8. The third kappa shape index (κ3) is 5.58. The summed E-state index contributed by atoms with van der Waals surface area (Å²) in [4.78, 5) is 12.1. The van der Waals surface area contributed by atoms with Crippen molar-refractivity contribution < 1.29 is 9.53 Å². The maximum atomic E-state index is 12.1. The Hall–Kier alpha value is -2.84. The number of nitrogens with one attached hydrogen (secondary N) is 1. The van der Waals surface area contributed by atoms with Gasteiger partial charge in [-0.3, -0.25) is 4.79 Å². The minimum atomic E-state index is -0.225. The van der Waals surface area contributed by atoms with Crippen LogP contribution in [0.1, 0.15) is 12.5 Å². The van der Waals surface area contributed by atoms with Gasteiger partial charge in [-0.1, -0.05) is 35.5 Å². The van der Waals surface area contributed by atoms with Gasteiger partial charge in [-0.05, 0) is 48.9 Å². The zero-order chi connectivity index (χ0) is 20.6. The molecule has 0 saturated heterocycles. The zero-order valence-electron chi connectivity index (χ0n) is 16.0. The normalized spacial score (nSPS) is 11.0. The molecule has 0 aliphatic carbocycles. The molecule has 0 saturated carbocycles. The summed E-state index contributed by atoms with van der Waals surface area (Å²) in [6.45, 7) is 2.70. The van der Waals surface area contributed by atoms with E-state index in [1.165, 1.54) is 11.8 Å². The number of ether oxygens (including phenoxy) is 1. The third-order valence-electron chi connectivity index (χ3n) is 3.99. The number of carbonyl (C=O) groups excluding carboxylic acids is 1. The van der Waals surface area contributed by atoms with Crippen molar-refractivity contribution in [2.24, 2.45) is 5.10 Å². The zero-order valence-corrected chi connectivity index (χ0v) is 17.6. The highest BCUT2D eigenvalue weighted by atomic mass is 35.5.